The van der Waals surface area contributed by atoms with Gasteiger partial charge in [0.2, 0.25) is 0 Å². The van der Waals surface area contributed by atoms with Crippen molar-refractivity contribution in [3.63, 3.8) is 0 Å². The number of amides is 1. The number of carbonyl (C=O) groups excluding carboxylic acids is 1. The fourth-order valence-corrected chi connectivity index (χ4v) is 2.05. The molecule has 1 aromatic rings. The van der Waals surface area contributed by atoms with E-state index in [1.807, 2.05) is 6.92 Å². The van der Waals surface area contributed by atoms with E-state index >= 15 is 0 Å². The van der Waals surface area contributed by atoms with Crippen LogP contribution < -0.4 is 10.1 Å². The minimum Gasteiger partial charge on any atom is -0.491 e. The largest absolute Gasteiger partial charge is 0.491 e. The van der Waals surface area contributed by atoms with Crippen LogP contribution in [0.15, 0.2) is 18.2 Å². The van der Waals surface area contributed by atoms with Crippen LogP contribution in [0.25, 0.3) is 0 Å². The van der Waals surface area contributed by atoms with Gasteiger partial charge in [-0.2, -0.15) is 0 Å². The molecule has 0 aliphatic heterocycles. The van der Waals surface area contributed by atoms with Gasteiger partial charge >= 0.3 is 6.09 Å². The number of nitrogens with one attached hydrogen (secondary N) is 1. The molecule has 2 atom stereocenters. The van der Waals surface area contributed by atoms with E-state index in [9.17, 15) is 19.4 Å². The van der Waals surface area contributed by atoms with E-state index in [0.29, 0.717) is 13.2 Å². The molecule has 0 unspecified atom stereocenters. The lowest BCUT2D eigenvalue weighted by atomic mass is 10.0. The lowest BCUT2D eigenvalue weighted by molar-refractivity contribution is 0.0111. The first-order valence-electron chi connectivity index (χ1n) is 8.47. The number of ether oxygens (including phenoxy) is 3. The molecule has 1 amide bonds. The summed E-state index contributed by atoms with van der Waals surface area (Å²) in [5.41, 5.74) is -0.465. The Kier molecular flexibility index (Phi) is 8.77. The fourth-order valence-electron chi connectivity index (χ4n) is 2.05. The molecule has 148 valence electrons. The van der Waals surface area contributed by atoms with E-state index in [1.165, 1.54) is 6.07 Å². The molecule has 0 aliphatic rings. The quantitative estimate of drug-likeness (QED) is 0.574. The smallest absolute Gasteiger partial charge is 0.407 e. The lowest BCUT2D eigenvalue weighted by Crippen LogP contribution is -2.38. The van der Waals surface area contributed by atoms with Gasteiger partial charge in [-0.1, -0.05) is 0 Å². The highest BCUT2D eigenvalue weighted by Gasteiger charge is 2.24. The molecule has 0 saturated heterocycles. The van der Waals surface area contributed by atoms with Gasteiger partial charge in [0.05, 0.1) is 6.61 Å². The Morgan fingerprint density at radius 3 is 2.58 bits per heavy atom. The van der Waals surface area contributed by atoms with Crippen LogP contribution in [0.2, 0.25) is 0 Å². The van der Waals surface area contributed by atoms with Crippen LogP contribution in [0.3, 0.4) is 0 Å². The normalized spacial score (nSPS) is 13.8. The molecule has 1 rings (SSSR count). The summed E-state index contributed by atoms with van der Waals surface area (Å²) in [6.45, 7) is 7.73. The number of halogens is 1. The zero-order valence-corrected chi connectivity index (χ0v) is 15.6. The predicted molar refractivity (Wildman–Crippen MR) is 93.6 cm³/mol. The Balaban J connectivity index is 2.69. The molecule has 0 saturated carbocycles. The maximum atomic E-state index is 13.5. The summed E-state index contributed by atoms with van der Waals surface area (Å²) in [4.78, 5) is 11.6. The average molecular weight is 373 g/mol. The molecular weight excluding hydrogens is 345 g/mol. The third kappa shape index (κ3) is 7.99. The topological polar surface area (TPSA) is 97.3 Å². The Bertz CT molecular complexity index is 575. The lowest BCUT2D eigenvalue weighted by Gasteiger charge is -2.23. The fraction of sp³-hybridized carbons (Fsp3) is 0.611. The zero-order valence-electron chi connectivity index (χ0n) is 15.6. The minimum atomic E-state index is -1.38. The standard InChI is InChI=1S/C18H28FNO6/c1-5-24-8-9-25-15-10-12(19)6-7-13(15)16(22)14(21)11-20-17(23)26-18(2,3)4/h6-7,10,14,16,21-22H,5,8-9,11H2,1-4H3,(H,20,23)/t14-,16-/m1/s1. The first-order chi connectivity index (χ1) is 12.1. The Labute approximate surface area is 153 Å². The number of aliphatic hydroxyl groups is 2. The third-order valence-electron chi connectivity index (χ3n) is 3.20. The van der Waals surface area contributed by atoms with E-state index in [-0.39, 0.29) is 24.5 Å². The van der Waals surface area contributed by atoms with Crippen molar-refractivity contribution in [1.29, 1.82) is 0 Å². The summed E-state index contributed by atoms with van der Waals surface area (Å²) in [7, 11) is 0. The number of hydrogen-bond acceptors (Lipinski definition) is 6. The van der Waals surface area contributed by atoms with Crippen LogP contribution in [0.5, 0.6) is 5.75 Å². The van der Waals surface area contributed by atoms with Crippen molar-refractivity contribution in [2.24, 2.45) is 0 Å². The van der Waals surface area contributed by atoms with Gasteiger partial charge in [-0.05, 0) is 39.8 Å². The van der Waals surface area contributed by atoms with E-state index in [4.69, 9.17) is 14.2 Å². The van der Waals surface area contributed by atoms with Gasteiger partial charge in [0.25, 0.3) is 0 Å². The van der Waals surface area contributed by atoms with Gasteiger partial charge in [-0.25, -0.2) is 9.18 Å². The summed E-state index contributed by atoms with van der Waals surface area (Å²) in [6.07, 6.45) is -3.43. The molecule has 0 aromatic heterocycles. The summed E-state index contributed by atoms with van der Waals surface area (Å²) < 4.78 is 29.1. The molecule has 0 bridgehead atoms. The van der Waals surface area contributed by atoms with Gasteiger partial charge < -0.3 is 29.7 Å². The van der Waals surface area contributed by atoms with Crippen LogP contribution in [0.1, 0.15) is 39.4 Å². The van der Waals surface area contributed by atoms with Crippen LogP contribution >= 0.6 is 0 Å². The van der Waals surface area contributed by atoms with Gasteiger partial charge in [-0.3, -0.25) is 0 Å². The van der Waals surface area contributed by atoms with E-state index in [0.717, 1.165) is 12.1 Å². The van der Waals surface area contributed by atoms with Crippen molar-refractivity contribution in [1.82, 2.24) is 5.32 Å². The van der Waals surface area contributed by atoms with Crippen molar-refractivity contribution in [3.05, 3.63) is 29.6 Å². The van der Waals surface area contributed by atoms with Gasteiger partial charge in [0.1, 0.15) is 36.0 Å². The first kappa shape index (κ1) is 22.1. The molecule has 0 aliphatic carbocycles. The van der Waals surface area contributed by atoms with Crippen LogP contribution in [0, 0.1) is 5.82 Å². The molecule has 7 nitrogen and oxygen atoms in total. The minimum absolute atomic E-state index is 0.105. The van der Waals surface area contributed by atoms with Gasteiger partial charge in [0.15, 0.2) is 0 Å². The van der Waals surface area contributed by atoms with Crippen LogP contribution in [0.4, 0.5) is 9.18 Å². The molecule has 8 heteroatoms. The molecule has 0 spiro atoms. The van der Waals surface area contributed by atoms with Crippen LogP contribution in [-0.2, 0) is 9.47 Å². The summed E-state index contributed by atoms with van der Waals surface area (Å²) in [5.74, 6) is -0.428. The van der Waals surface area contributed by atoms with E-state index in [2.05, 4.69) is 5.32 Å². The number of hydrogen-bond donors (Lipinski definition) is 3. The van der Waals surface area contributed by atoms with Crippen LogP contribution in [-0.4, -0.2) is 54.4 Å². The molecule has 0 radical (unpaired) electrons. The molecule has 26 heavy (non-hydrogen) atoms. The molecular formula is C18H28FNO6. The second kappa shape index (κ2) is 10.3. The highest BCUT2D eigenvalue weighted by Crippen LogP contribution is 2.28. The van der Waals surface area contributed by atoms with Crippen molar-refractivity contribution in [2.75, 3.05) is 26.4 Å². The molecule has 3 N–H and O–H groups in total. The van der Waals surface area contributed by atoms with Gasteiger partial charge in [-0.15, -0.1) is 0 Å². The number of alkyl carbamates (subject to hydrolysis) is 1. The van der Waals surface area contributed by atoms with Crippen molar-refractivity contribution < 1.29 is 33.6 Å². The average Bonchev–Trinajstić information content (AvgIpc) is 2.54. The second-order valence-electron chi connectivity index (χ2n) is 6.62. The Hall–Kier alpha value is -1.90. The second-order valence-corrected chi connectivity index (χ2v) is 6.62. The number of carbonyl (C=O) groups is 1. The van der Waals surface area contributed by atoms with Crippen molar-refractivity contribution in [2.45, 2.75) is 45.5 Å². The van der Waals surface area contributed by atoms with Gasteiger partial charge in [0, 0.05) is 24.8 Å². The maximum absolute atomic E-state index is 13.5. The Morgan fingerprint density at radius 1 is 1.27 bits per heavy atom. The first-order valence-corrected chi connectivity index (χ1v) is 8.47. The predicted octanol–water partition coefficient (Wildman–Crippen LogP) is 2.16. The number of benzene rings is 1. The summed E-state index contributed by atoms with van der Waals surface area (Å²) in [6, 6.07) is 3.60. The molecule has 0 heterocycles. The highest BCUT2D eigenvalue weighted by molar-refractivity contribution is 5.67. The maximum Gasteiger partial charge on any atom is 0.407 e. The number of rotatable bonds is 9. The Morgan fingerprint density at radius 2 is 1.96 bits per heavy atom. The summed E-state index contributed by atoms with van der Waals surface area (Å²) >= 11 is 0. The molecule has 0 fully saturated rings. The molecule has 1 aromatic carbocycles. The SMILES string of the molecule is CCOCCOc1cc(F)ccc1[C@@H](O)[C@H](O)CNC(=O)OC(C)(C)C. The van der Waals surface area contributed by atoms with E-state index < -0.39 is 29.7 Å². The van der Waals surface area contributed by atoms with Crippen molar-refractivity contribution >= 4 is 6.09 Å². The van der Waals surface area contributed by atoms with Crippen molar-refractivity contribution in [3.8, 4) is 5.75 Å². The number of aliphatic hydroxyl groups excluding tert-OH is 2. The summed E-state index contributed by atoms with van der Waals surface area (Å²) in [5, 5.41) is 22.8. The monoisotopic (exact) mass is 373 g/mol. The van der Waals surface area contributed by atoms with E-state index in [1.54, 1.807) is 20.8 Å². The third-order valence-corrected chi connectivity index (χ3v) is 3.20. The highest BCUT2D eigenvalue weighted by atomic mass is 19.1. The zero-order chi connectivity index (χ0) is 19.7.